The van der Waals surface area contributed by atoms with Crippen molar-refractivity contribution >= 4 is 11.9 Å². The number of carboxylic acids is 1. The number of nitrogens with zero attached hydrogens (tertiary/aromatic N) is 1. The van der Waals surface area contributed by atoms with Gasteiger partial charge in [-0.05, 0) is 19.1 Å². The second-order valence-electron chi connectivity index (χ2n) is 4.54. The van der Waals surface area contributed by atoms with Gasteiger partial charge in [0, 0.05) is 19.2 Å². The molecule has 1 fully saturated rings. The highest BCUT2D eigenvalue weighted by molar-refractivity contribution is 6.03. The van der Waals surface area contributed by atoms with Gasteiger partial charge in [0.1, 0.15) is 0 Å². The Labute approximate surface area is 115 Å². The third kappa shape index (κ3) is 3.31. The number of amides is 1. The zero-order chi connectivity index (χ0) is 14.6. The highest BCUT2D eigenvalue weighted by Gasteiger charge is 2.30. The van der Waals surface area contributed by atoms with Crippen LogP contribution >= 0.6 is 0 Å². The highest BCUT2D eigenvalue weighted by Crippen LogP contribution is 2.21. The summed E-state index contributed by atoms with van der Waals surface area (Å²) in [5, 5.41) is 11.6. The van der Waals surface area contributed by atoms with E-state index in [1.54, 1.807) is 6.92 Å². The molecule has 7 nitrogen and oxygen atoms in total. The Bertz CT molecular complexity index is 511. The van der Waals surface area contributed by atoms with Crippen molar-refractivity contribution in [1.82, 2.24) is 10.3 Å². The number of nitrogens with one attached hydrogen (secondary N) is 1. The Morgan fingerprint density at radius 3 is 2.80 bits per heavy atom. The van der Waals surface area contributed by atoms with Gasteiger partial charge in [-0.1, -0.05) is 0 Å². The number of aromatic nitrogens is 1. The second-order valence-corrected chi connectivity index (χ2v) is 4.54. The average molecular weight is 280 g/mol. The SMILES string of the molecule is CC1(CCNC(=O)c2cccnc2C(=O)O)OCCO1. The maximum Gasteiger partial charge on any atom is 0.355 e. The molecular formula is C13H16N2O5. The van der Waals surface area contributed by atoms with Gasteiger partial charge in [0.15, 0.2) is 11.5 Å². The molecule has 0 saturated carbocycles. The smallest absolute Gasteiger partial charge is 0.355 e. The first-order chi connectivity index (χ1) is 9.52. The van der Waals surface area contributed by atoms with Crippen molar-refractivity contribution in [2.45, 2.75) is 19.1 Å². The minimum absolute atomic E-state index is 0.0402. The molecule has 1 aliphatic heterocycles. The van der Waals surface area contributed by atoms with Crippen LogP contribution in [0.1, 0.15) is 34.2 Å². The molecule has 20 heavy (non-hydrogen) atoms. The van der Waals surface area contributed by atoms with Crippen LogP contribution in [-0.2, 0) is 9.47 Å². The summed E-state index contributed by atoms with van der Waals surface area (Å²) < 4.78 is 10.8. The fourth-order valence-corrected chi connectivity index (χ4v) is 1.96. The first-order valence-corrected chi connectivity index (χ1v) is 6.26. The van der Waals surface area contributed by atoms with Crippen LogP contribution in [0, 0.1) is 0 Å². The highest BCUT2D eigenvalue weighted by atomic mass is 16.7. The van der Waals surface area contributed by atoms with Gasteiger partial charge in [-0.25, -0.2) is 9.78 Å². The van der Waals surface area contributed by atoms with Gasteiger partial charge in [0.25, 0.3) is 5.91 Å². The van der Waals surface area contributed by atoms with E-state index in [0.29, 0.717) is 26.2 Å². The lowest BCUT2D eigenvalue weighted by Crippen LogP contribution is -2.34. The molecule has 0 spiro atoms. The number of carboxylic acid groups (broad SMARTS) is 1. The first kappa shape index (κ1) is 14.4. The molecule has 108 valence electrons. The lowest BCUT2D eigenvalue weighted by atomic mass is 10.1. The van der Waals surface area contributed by atoms with Crippen molar-refractivity contribution in [3.05, 3.63) is 29.6 Å². The summed E-state index contributed by atoms with van der Waals surface area (Å²) in [6.07, 6.45) is 1.82. The van der Waals surface area contributed by atoms with E-state index < -0.39 is 17.7 Å². The van der Waals surface area contributed by atoms with Crippen LogP contribution in [-0.4, -0.2) is 47.5 Å². The van der Waals surface area contributed by atoms with Crippen molar-refractivity contribution in [2.75, 3.05) is 19.8 Å². The van der Waals surface area contributed by atoms with Crippen LogP contribution in [0.2, 0.25) is 0 Å². The van der Waals surface area contributed by atoms with E-state index in [0.717, 1.165) is 0 Å². The minimum atomic E-state index is -1.23. The Hall–Kier alpha value is -1.99. The summed E-state index contributed by atoms with van der Waals surface area (Å²) in [7, 11) is 0. The number of pyridine rings is 1. The Balaban J connectivity index is 1.94. The van der Waals surface area contributed by atoms with Gasteiger partial charge < -0.3 is 19.9 Å². The summed E-state index contributed by atoms with van der Waals surface area (Å²) in [6.45, 7) is 3.20. The number of hydrogen-bond donors (Lipinski definition) is 2. The molecule has 1 saturated heterocycles. The molecule has 2 N–H and O–H groups in total. The van der Waals surface area contributed by atoms with Gasteiger partial charge in [-0.15, -0.1) is 0 Å². The standard InChI is InChI=1S/C13H16N2O5/c1-13(19-7-8-20-13)4-6-15-11(16)9-3-2-5-14-10(9)12(17)18/h2-3,5H,4,6-8H2,1H3,(H,15,16)(H,17,18). The Kier molecular flexibility index (Phi) is 4.31. The van der Waals surface area contributed by atoms with Gasteiger partial charge in [0.2, 0.25) is 0 Å². The number of hydrogen-bond acceptors (Lipinski definition) is 5. The lowest BCUT2D eigenvalue weighted by Gasteiger charge is -2.22. The minimum Gasteiger partial charge on any atom is -0.476 e. The summed E-state index contributed by atoms with van der Waals surface area (Å²) >= 11 is 0. The molecule has 1 aromatic heterocycles. The van der Waals surface area contributed by atoms with Gasteiger partial charge >= 0.3 is 5.97 Å². The molecule has 0 radical (unpaired) electrons. The monoisotopic (exact) mass is 280 g/mol. The van der Waals surface area contributed by atoms with Gasteiger partial charge in [-0.2, -0.15) is 0 Å². The summed E-state index contributed by atoms with van der Waals surface area (Å²) in [5.41, 5.74) is -0.219. The van der Waals surface area contributed by atoms with Crippen molar-refractivity contribution in [3.8, 4) is 0 Å². The maximum atomic E-state index is 12.0. The molecule has 0 aromatic carbocycles. The Morgan fingerprint density at radius 2 is 2.15 bits per heavy atom. The van der Waals surface area contributed by atoms with E-state index in [-0.39, 0.29) is 11.3 Å². The second kappa shape index (κ2) is 5.98. The molecule has 1 aliphatic rings. The molecule has 0 unspecified atom stereocenters. The fraction of sp³-hybridized carbons (Fsp3) is 0.462. The molecule has 2 rings (SSSR count). The molecule has 2 heterocycles. The zero-order valence-corrected chi connectivity index (χ0v) is 11.1. The summed E-state index contributed by atoms with van der Waals surface area (Å²) in [4.78, 5) is 26.6. The van der Waals surface area contributed by atoms with E-state index in [2.05, 4.69) is 10.3 Å². The molecular weight excluding hydrogens is 264 g/mol. The molecule has 0 aliphatic carbocycles. The van der Waals surface area contributed by atoms with E-state index >= 15 is 0 Å². The first-order valence-electron chi connectivity index (χ1n) is 6.26. The van der Waals surface area contributed by atoms with Crippen molar-refractivity contribution in [3.63, 3.8) is 0 Å². The summed E-state index contributed by atoms with van der Waals surface area (Å²) in [6, 6.07) is 2.95. The van der Waals surface area contributed by atoms with Crippen LogP contribution in [0.4, 0.5) is 0 Å². The quantitative estimate of drug-likeness (QED) is 0.822. The summed E-state index contributed by atoms with van der Waals surface area (Å²) in [5.74, 6) is -2.39. The fourth-order valence-electron chi connectivity index (χ4n) is 1.96. The van der Waals surface area contributed by atoms with Crippen molar-refractivity contribution in [1.29, 1.82) is 0 Å². The molecule has 7 heteroatoms. The number of rotatable bonds is 5. The predicted molar refractivity (Wildman–Crippen MR) is 68.5 cm³/mol. The third-order valence-electron chi connectivity index (χ3n) is 3.02. The molecule has 0 bridgehead atoms. The van der Waals surface area contributed by atoms with E-state index in [1.807, 2.05) is 0 Å². The number of carbonyl (C=O) groups is 2. The van der Waals surface area contributed by atoms with E-state index in [1.165, 1.54) is 18.3 Å². The molecule has 1 aromatic rings. The maximum absolute atomic E-state index is 12.0. The van der Waals surface area contributed by atoms with Crippen molar-refractivity contribution < 1.29 is 24.2 Å². The number of carbonyl (C=O) groups excluding carboxylic acids is 1. The number of ether oxygens (including phenoxy) is 2. The van der Waals surface area contributed by atoms with Crippen LogP contribution in [0.3, 0.4) is 0 Å². The van der Waals surface area contributed by atoms with Crippen molar-refractivity contribution in [2.24, 2.45) is 0 Å². The molecule has 0 atom stereocenters. The van der Waals surface area contributed by atoms with Crippen LogP contribution in [0.15, 0.2) is 18.3 Å². The number of aromatic carboxylic acids is 1. The Morgan fingerprint density at radius 1 is 1.45 bits per heavy atom. The van der Waals surface area contributed by atoms with E-state index in [4.69, 9.17) is 14.6 Å². The molecule has 1 amide bonds. The lowest BCUT2D eigenvalue weighted by molar-refractivity contribution is -0.145. The average Bonchev–Trinajstić information content (AvgIpc) is 2.85. The predicted octanol–water partition coefficient (Wildman–Crippen LogP) is 0.663. The van der Waals surface area contributed by atoms with Crippen LogP contribution < -0.4 is 5.32 Å². The largest absolute Gasteiger partial charge is 0.476 e. The normalized spacial score (nSPS) is 16.9. The van der Waals surface area contributed by atoms with Gasteiger partial charge in [0.05, 0.1) is 18.8 Å². The third-order valence-corrected chi connectivity index (χ3v) is 3.02. The van der Waals surface area contributed by atoms with E-state index in [9.17, 15) is 9.59 Å². The van der Waals surface area contributed by atoms with Crippen LogP contribution in [0.5, 0.6) is 0 Å². The zero-order valence-electron chi connectivity index (χ0n) is 11.1. The van der Waals surface area contributed by atoms with Gasteiger partial charge in [-0.3, -0.25) is 4.79 Å². The topological polar surface area (TPSA) is 97.8 Å². The van der Waals surface area contributed by atoms with Crippen LogP contribution in [0.25, 0.3) is 0 Å².